The molecule has 0 aliphatic rings. The van der Waals surface area contributed by atoms with Gasteiger partial charge in [0.1, 0.15) is 0 Å². The van der Waals surface area contributed by atoms with Gasteiger partial charge >= 0.3 is 11.9 Å². The Morgan fingerprint density at radius 2 is 1.78 bits per heavy atom. The fraction of sp³-hybridized carbons (Fsp3) is 0.263. The van der Waals surface area contributed by atoms with Crippen molar-refractivity contribution >= 4 is 17.0 Å². The molecule has 0 saturated carbocycles. The zero-order valence-corrected chi connectivity index (χ0v) is 14.3. The second-order valence-electron chi connectivity index (χ2n) is 6.03. The second-order valence-corrected chi connectivity index (χ2v) is 6.03. The second kappa shape index (κ2) is 7.69. The number of hydrogen-bond acceptors (Lipinski definition) is 3. The minimum atomic E-state index is -4.36. The number of aryl methyl sites for hydroxylation is 1. The van der Waals surface area contributed by atoms with Crippen molar-refractivity contribution in [2.75, 3.05) is 6.54 Å². The molecule has 0 spiro atoms. The molecule has 0 saturated heterocycles. The summed E-state index contributed by atoms with van der Waals surface area (Å²) in [4.78, 5) is 23.8. The van der Waals surface area contributed by atoms with Crippen molar-refractivity contribution in [3.63, 3.8) is 0 Å². The number of oxazole rings is 1. The number of alkyl halides is 3. The number of aromatic nitrogens is 1. The predicted octanol–water partition coefficient (Wildman–Crippen LogP) is 3.36. The van der Waals surface area contributed by atoms with Crippen LogP contribution >= 0.6 is 0 Å². The van der Waals surface area contributed by atoms with Gasteiger partial charge in [0.15, 0.2) is 5.58 Å². The van der Waals surface area contributed by atoms with E-state index in [0.717, 1.165) is 12.1 Å². The van der Waals surface area contributed by atoms with Crippen molar-refractivity contribution in [3.05, 3.63) is 70.2 Å². The van der Waals surface area contributed by atoms with Crippen LogP contribution in [0.2, 0.25) is 0 Å². The number of amides is 1. The van der Waals surface area contributed by atoms with E-state index >= 15 is 0 Å². The molecule has 3 aromatic rings. The lowest BCUT2D eigenvalue weighted by Gasteiger charge is -2.08. The van der Waals surface area contributed by atoms with Gasteiger partial charge in [-0.1, -0.05) is 24.3 Å². The van der Waals surface area contributed by atoms with Crippen molar-refractivity contribution < 1.29 is 22.4 Å². The van der Waals surface area contributed by atoms with Crippen LogP contribution in [-0.4, -0.2) is 17.0 Å². The molecule has 0 fully saturated rings. The zero-order valence-electron chi connectivity index (χ0n) is 14.3. The van der Waals surface area contributed by atoms with Crippen molar-refractivity contribution in [1.82, 2.24) is 9.88 Å². The third kappa shape index (κ3) is 4.58. The first-order chi connectivity index (χ1) is 12.8. The highest BCUT2D eigenvalue weighted by atomic mass is 19.4. The SMILES string of the molecule is O=C(CCn1c(=O)oc2ccccc21)NCCc1ccc(C(F)(F)F)cc1. The summed E-state index contributed by atoms with van der Waals surface area (Å²) in [6.07, 6.45) is -3.85. The lowest BCUT2D eigenvalue weighted by molar-refractivity contribution is -0.137. The Labute approximate surface area is 152 Å². The van der Waals surface area contributed by atoms with Crippen LogP contribution < -0.4 is 11.1 Å². The topological polar surface area (TPSA) is 64.2 Å². The van der Waals surface area contributed by atoms with Crippen molar-refractivity contribution in [3.8, 4) is 0 Å². The molecule has 142 valence electrons. The highest BCUT2D eigenvalue weighted by Crippen LogP contribution is 2.29. The summed E-state index contributed by atoms with van der Waals surface area (Å²) in [5.74, 6) is -0.771. The fourth-order valence-corrected chi connectivity index (χ4v) is 2.73. The number of hydrogen-bond donors (Lipinski definition) is 1. The molecule has 0 unspecified atom stereocenters. The monoisotopic (exact) mass is 378 g/mol. The van der Waals surface area contributed by atoms with Crippen LogP contribution in [-0.2, 0) is 23.9 Å². The van der Waals surface area contributed by atoms with E-state index in [2.05, 4.69) is 5.32 Å². The summed E-state index contributed by atoms with van der Waals surface area (Å²) in [6.45, 7) is 0.479. The first kappa shape index (κ1) is 18.8. The third-order valence-corrected chi connectivity index (χ3v) is 4.15. The number of carbonyl (C=O) groups is 1. The quantitative estimate of drug-likeness (QED) is 0.715. The molecule has 0 aliphatic heterocycles. The van der Waals surface area contributed by atoms with E-state index in [1.807, 2.05) is 0 Å². The van der Waals surface area contributed by atoms with Crippen molar-refractivity contribution in [2.24, 2.45) is 0 Å². The minimum absolute atomic E-state index is 0.0937. The number of fused-ring (bicyclic) bond motifs is 1. The number of para-hydroxylation sites is 2. The Balaban J connectivity index is 1.49. The Morgan fingerprint density at radius 1 is 1.07 bits per heavy atom. The maximum Gasteiger partial charge on any atom is 0.419 e. The van der Waals surface area contributed by atoms with E-state index in [0.29, 0.717) is 29.6 Å². The van der Waals surface area contributed by atoms with Gasteiger partial charge in [0.2, 0.25) is 5.91 Å². The maximum atomic E-state index is 12.5. The Morgan fingerprint density at radius 3 is 2.48 bits per heavy atom. The number of rotatable bonds is 6. The molecule has 0 bridgehead atoms. The van der Waals surface area contributed by atoms with Crippen LogP contribution in [0.1, 0.15) is 17.5 Å². The van der Waals surface area contributed by atoms with Crippen LogP contribution in [0.15, 0.2) is 57.7 Å². The Kier molecular flexibility index (Phi) is 5.34. The van der Waals surface area contributed by atoms with Gasteiger partial charge in [-0.3, -0.25) is 9.36 Å². The number of benzene rings is 2. The molecule has 1 heterocycles. The minimum Gasteiger partial charge on any atom is -0.408 e. The van der Waals surface area contributed by atoms with E-state index in [1.54, 1.807) is 24.3 Å². The number of nitrogens with zero attached hydrogens (tertiary/aromatic N) is 1. The Hall–Kier alpha value is -3.03. The van der Waals surface area contributed by atoms with Crippen molar-refractivity contribution in [2.45, 2.75) is 25.6 Å². The van der Waals surface area contributed by atoms with E-state index in [1.165, 1.54) is 16.7 Å². The van der Waals surface area contributed by atoms with Gasteiger partial charge in [-0.05, 0) is 36.2 Å². The lowest BCUT2D eigenvalue weighted by atomic mass is 10.1. The van der Waals surface area contributed by atoms with Gasteiger partial charge in [0.25, 0.3) is 0 Å². The normalized spacial score (nSPS) is 11.7. The summed E-state index contributed by atoms with van der Waals surface area (Å²) in [5, 5.41) is 2.70. The van der Waals surface area contributed by atoms with E-state index in [4.69, 9.17) is 4.42 Å². The van der Waals surface area contributed by atoms with Crippen LogP contribution in [0.4, 0.5) is 13.2 Å². The Bertz CT molecular complexity index is 988. The molecule has 1 aromatic heterocycles. The van der Waals surface area contributed by atoms with E-state index < -0.39 is 17.5 Å². The number of nitrogens with one attached hydrogen (secondary N) is 1. The number of carbonyl (C=O) groups excluding carboxylic acids is 1. The number of halogens is 3. The van der Waals surface area contributed by atoms with Crippen LogP contribution in [0.5, 0.6) is 0 Å². The molecule has 2 aromatic carbocycles. The van der Waals surface area contributed by atoms with Gasteiger partial charge in [-0.2, -0.15) is 13.2 Å². The smallest absolute Gasteiger partial charge is 0.408 e. The van der Waals surface area contributed by atoms with Crippen LogP contribution in [0.25, 0.3) is 11.1 Å². The molecule has 8 heteroatoms. The molecule has 0 radical (unpaired) electrons. The largest absolute Gasteiger partial charge is 0.419 e. The van der Waals surface area contributed by atoms with E-state index in [-0.39, 0.29) is 18.9 Å². The molecule has 0 aliphatic carbocycles. The van der Waals surface area contributed by atoms with Gasteiger partial charge < -0.3 is 9.73 Å². The molecule has 0 atom stereocenters. The molecule has 5 nitrogen and oxygen atoms in total. The van der Waals surface area contributed by atoms with Crippen molar-refractivity contribution in [1.29, 1.82) is 0 Å². The van der Waals surface area contributed by atoms with E-state index in [9.17, 15) is 22.8 Å². The predicted molar refractivity (Wildman–Crippen MR) is 93.2 cm³/mol. The highest BCUT2D eigenvalue weighted by Gasteiger charge is 2.29. The molecular weight excluding hydrogens is 361 g/mol. The molecule has 3 rings (SSSR count). The molecule has 27 heavy (non-hydrogen) atoms. The van der Waals surface area contributed by atoms with Crippen LogP contribution in [0.3, 0.4) is 0 Å². The summed E-state index contributed by atoms with van der Waals surface area (Å²) in [5.41, 5.74) is 1.08. The van der Waals surface area contributed by atoms with Gasteiger partial charge in [-0.15, -0.1) is 0 Å². The van der Waals surface area contributed by atoms with Gasteiger partial charge in [0, 0.05) is 19.5 Å². The molecule has 1 N–H and O–H groups in total. The summed E-state index contributed by atoms with van der Waals surface area (Å²) in [7, 11) is 0. The van der Waals surface area contributed by atoms with Crippen LogP contribution in [0, 0.1) is 0 Å². The standard InChI is InChI=1S/C19H17F3N2O3/c20-19(21,22)14-7-5-13(6-8-14)9-11-23-17(25)10-12-24-15-3-1-2-4-16(15)27-18(24)26/h1-8H,9-12H2,(H,23,25). The third-order valence-electron chi connectivity index (χ3n) is 4.15. The zero-order chi connectivity index (χ0) is 19.4. The average Bonchev–Trinajstić information content (AvgIpc) is 2.95. The van der Waals surface area contributed by atoms with Gasteiger partial charge in [-0.25, -0.2) is 4.79 Å². The maximum absolute atomic E-state index is 12.5. The first-order valence-electron chi connectivity index (χ1n) is 8.36. The average molecular weight is 378 g/mol. The highest BCUT2D eigenvalue weighted by molar-refractivity contribution is 5.76. The summed E-state index contributed by atoms with van der Waals surface area (Å²) >= 11 is 0. The molecular formula is C19H17F3N2O3. The lowest BCUT2D eigenvalue weighted by Crippen LogP contribution is -2.27. The first-order valence-corrected chi connectivity index (χ1v) is 8.36. The molecule has 1 amide bonds. The summed E-state index contributed by atoms with van der Waals surface area (Å²) in [6, 6.07) is 11.8. The fourth-order valence-electron chi connectivity index (χ4n) is 2.73. The summed E-state index contributed by atoms with van der Waals surface area (Å²) < 4.78 is 44.0. The van der Waals surface area contributed by atoms with Gasteiger partial charge in [0.05, 0.1) is 11.1 Å².